The van der Waals surface area contributed by atoms with Crippen molar-refractivity contribution in [1.29, 1.82) is 0 Å². The van der Waals surface area contributed by atoms with Gasteiger partial charge in [0.2, 0.25) is 0 Å². The predicted molar refractivity (Wildman–Crippen MR) is 115 cm³/mol. The van der Waals surface area contributed by atoms with E-state index >= 15 is 0 Å². The lowest BCUT2D eigenvalue weighted by atomic mass is 9.92. The number of H-pyrrole nitrogens is 2. The molecule has 0 unspecified atom stereocenters. The molecule has 0 bridgehead atoms. The highest BCUT2D eigenvalue weighted by atomic mass is 16.5. The minimum Gasteiger partial charge on any atom is -0.421 e. The number of aromatic amines is 2. The van der Waals surface area contributed by atoms with Crippen molar-refractivity contribution in [1.82, 2.24) is 41.2 Å². The summed E-state index contributed by atoms with van der Waals surface area (Å²) in [6.07, 6.45) is 0. The van der Waals surface area contributed by atoms with Crippen LogP contribution in [-0.2, 0) is 0 Å². The molecule has 32 heavy (non-hydrogen) atoms. The highest BCUT2D eigenvalue weighted by Crippen LogP contribution is 2.46. The van der Waals surface area contributed by atoms with Crippen LogP contribution in [0, 0.1) is 0 Å². The Morgan fingerprint density at radius 1 is 0.531 bits per heavy atom. The van der Waals surface area contributed by atoms with E-state index in [0.717, 1.165) is 32.7 Å². The predicted octanol–water partition coefficient (Wildman–Crippen LogP) is 4.27. The van der Waals surface area contributed by atoms with E-state index in [9.17, 15) is 0 Å². The number of rotatable bonds is 5. The number of nitrogens with one attached hydrogen (secondary N) is 2. The molecule has 4 aromatic carbocycles. The second-order valence-corrected chi connectivity index (χ2v) is 6.91. The number of aromatic nitrogens is 8. The van der Waals surface area contributed by atoms with E-state index in [4.69, 9.17) is 9.47 Å². The molecular weight excluding hydrogens is 408 g/mol. The molecule has 0 aliphatic rings. The molecule has 2 heterocycles. The minimum atomic E-state index is 0.113. The maximum atomic E-state index is 6.03. The molecule has 2 aromatic heterocycles. The van der Waals surface area contributed by atoms with E-state index in [2.05, 4.69) is 41.2 Å². The third-order valence-corrected chi connectivity index (χ3v) is 5.09. The van der Waals surface area contributed by atoms with Gasteiger partial charge >= 0.3 is 12.0 Å². The van der Waals surface area contributed by atoms with Crippen molar-refractivity contribution in [2.75, 3.05) is 0 Å². The van der Waals surface area contributed by atoms with Crippen LogP contribution in [-0.4, -0.2) is 41.2 Å². The van der Waals surface area contributed by atoms with Crippen LogP contribution < -0.4 is 9.47 Å². The fraction of sp³-hybridized carbons (Fsp3) is 0. The van der Waals surface area contributed by atoms with Crippen molar-refractivity contribution in [2.45, 2.75) is 0 Å². The molecule has 0 aliphatic carbocycles. The molecule has 0 fully saturated rings. The number of hydrogen-bond donors (Lipinski definition) is 2. The van der Waals surface area contributed by atoms with Crippen molar-refractivity contribution in [3.8, 4) is 34.6 Å². The molecule has 10 nitrogen and oxygen atoms in total. The van der Waals surface area contributed by atoms with Crippen molar-refractivity contribution in [3.63, 3.8) is 0 Å². The second kappa shape index (κ2) is 7.43. The Bertz CT molecular complexity index is 1410. The van der Waals surface area contributed by atoms with E-state index in [1.165, 1.54) is 0 Å². The number of fused-ring (bicyclic) bond motifs is 2. The third-order valence-electron chi connectivity index (χ3n) is 5.09. The zero-order valence-electron chi connectivity index (χ0n) is 16.4. The molecule has 0 radical (unpaired) electrons. The van der Waals surface area contributed by atoms with Crippen LogP contribution in [0.4, 0.5) is 0 Å². The Hall–Kier alpha value is -4.86. The van der Waals surface area contributed by atoms with Gasteiger partial charge in [-0.2, -0.15) is 10.4 Å². The van der Waals surface area contributed by atoms with E-state index < -0.39 is 0 Å². The summed E-state index contributed by atoms with van der Waals surface area (Å²) in [5, 5.41) is 31.8. The maximum absolute atomic E-state index is 6.03. The summed E-state index contributed by atoms with van der Waals surface area (Å²) in [4.78, 5) is 0. The number of tetrazole rings is 2. The Balaban J connectivity index is 1.68. The molecule has 6 aromatic rings. The molecule has 0 atom stereocenters. The van der Waals surface area contributed by atoms with Gasteiger partial charge in [-0.3, -0.25) is 0 Å². The van der Waals surface area contributed by atoms with E-state index in [1.807, 2.05) is 72.8 Å². The monoisotopic (exact) mass is 422 g/mol. The van der Waals surface area contributed by atoms with Crippen LogP contribution in [0.2, 0.25) is 0 Å². The topological polar surface area (TPSA) is 127 Å². The van der Waals surface area contributed by atoms with Crippen LogP contribution in [0.15, 0.2) is 72.8 Å². The Morgan fingerprint density at radius 3 is 1.44 bits per heavy atom. The summed E-state index contributed by atoms with van der Waals surface area (Å²) >= 11 is 0. The highest BCUT2D eigenvalue weighted by Gasteiger charge is 2.21. The van der Waals surface area contributed by atoms with Gasteiger partial charge in [-0.15, -0.1) is 0 Å². The average molecular weight is 422 g/mol. The quantitative estimate of drug-likeness (QED) is 0.422. The van der Waals surface area contributed by atoms with E-state index in [-0.39, 0.29) is 12.0 Å². The first-order chi connectivity index (χ1) is 15.9. The Kier molecular flexibility index (Phi) is 4.17. The first kappa shape index (κ1) is 18.0. The Morgan fingerprint density at radius 2 is 1.00 bits per heavy atom. The minimum absolute atomic E-state index is 0.113. The molecule has 0 saturated carbocycles. The summed E-state index contributed by atoms with van der Waals surface area (Å²) in [5.41, 5.74) is 1.64. The lowest BCUT2D eigenvalue weighted by Crippen LogP contribution is -1.96. The number of nitrogens with zero attached hydrogens (tertiary/aromatic N) is 6. The highest BCUT2D eigenvalue weighted by molar-refractivity contribution is 6.09. The fourth-order valence-corrected chi connectivity index (χ4v) is 3.78. The van der Waals surface area contributed by atoms with Gasteiger partial charge in [0, 0.05) is 11.1 Å². The zero-order chi connectivity index (χ0) is 21.3. The first-order valence-electron chi connectivity index (χ1n) is 9.73. The van der Waals surface area contributed by atoms with Crippen molar-refractivity contribution < 1.29 is 9.47 Å². The van der Waals surface area contributed by atoms with Gasteiger partial charge in [-0.05, 0) is 44.1 Å². The molecular formula is C22H14N8O2. The molecule has 0 saturated heterocycles. The summed E-state index contributed by atoms with van der Waals surface area (Å²) < 4.78 is 12.1. The van der Waals surface area contributed by atoms with Gasteiger partial charge in [0.25, 0.3) is 0 Å². The first-order valence-corrected chi connectivity index (χ1v) is 9.73. The van der Waals surface area contributed by atoms with Crippen LogP contribution in [0.3, 0.4) is 0 Å². The second-order valence-electron chi connectivity index (χ2n) is 6.91. The van der Waals surface area contributed by atoms with Crippen LogP contribution in [0.1, 0.15) is 0 Å². The number of benzene rings is 4. The van der Waals surface area contributed by atoms with Gasteiger partial charge in [-0.1, -0.05) is 81.1 Å². The SMILES string of the molecule is c1ccc2c(-c3c(Oc4nn[nH]n4)ccc4ccccc34)c(Oc3nn[nH]n3)ccc2c1. The van der Waals surface area contributed by atoms with Crippen LogP contribution in [0.25, 0.3) is 32.7 Å². The van der Waals surface area contributed by atoms with Gasteiger partial charge < -0.3 is 9.47 Å². The molecule has 10 heteroatoms. The van der Waals surface area contributed by atoms with Gasteiger partial charge in [0.1, 0.15) is 11.5 Å². The van der Waals surface area contributed by atoms with E-state index in [0.29, 0.717) is 11.5 Å². The summed E-state index contributed by atoms with van der Waals surface area (Å²) in [6, 6.07) is 24.1. The summed E-state index contributed by atoms with van der Waals surface area (Å²) in [5.74, 6) is 1.11. The largest absolute Gasteiger partial charge is 0.421 e. The zero-order valence-corrected chi connectivity index (χ0v) is 16.4. The molecule has 2 N–H and O–H groups in total. The van der Waals surface area contributed by atoms with Crippen molar-refractivity contribution in [3.05, 3.63) is 72.8 Å². The molecule has 0 aliphatic heterocycles. The van der Waals surface area contributed by atoms with Gasteiger partial charge in [-0.25, -0.2) is 0 Å². The molecule has 6 rings (SSSR count). The van der Waals surface area contributed by atoms with Gasteiger partial charge in [0.15, 0.2) is 0 Å². The van der Waals surface area contributed by atoms with Crippen LogP contribution in [0.5, 0.6) is 23.5 Å². The summed E-state index contributed by atoms with van der Waals surface area (Å²) in [6.45, 7) is 0. The van der Waals surface area contributed by atoms with Crippen LogP contribution >= 0.6 is 0 Å². The molecule has 154 valence electrons. The fourth-order valence-electron chi connectivity index (χ4n) is 3.78. The lowest BCUT2D eigenvalue weighted by Gasteiger charge is -2.17. The van der Waals surface area contributed by atoms with Gasteiger partial charge in [0.05, 0.1) is 0 Å². The smallest absolute Gasteiger partial charge is 0.361 e. The maximum Gasteiger partial charge on any atom is 0.361 e. The normalized spacial score (nSPS) is 11.1. The molecule has 0 spiro atoms. The van der Waals surface area contributed by atoms with Crippen molar-refractivity contribution in [2.24, 2.45) is 0 Å². The number of hydrogen-bond acceptors (Lipinski definition) is 8. The number of ether oxygens (including phenoxy) is 2. The van der Waals surface area contributed by atoms with Crippen molar-refractivity contribution >= 4 is 21.5 Å². The Labute approximate surface area is 180 Å². The lowest BCUT2D eigenvalue weighted by molar-refractivity contribution is 0.439. The molecule has 0 amide bonds. The summed E-state index contributed by atoms with van der Waals surface area (Å²) in [7, 11) is 0. The average Bonchev–Trinajstić information content (AvgIpc) is 3.54. The third kappa shape index (κ3) is 3.06. The standard InChI is InChI=1S/C22H14N8O2/c1-3-7-15-13(5-1)9-11-17(31-21-23-27-28-24-21)19(15)20-16-8-4-2-6-14(16)10-12-18(20)32-22-25-29-30-26-22/h1-12H,(H,23,24,27,28)(H,25,26,29,30). The van der Waals surface area contributed by atoms with E-state index in [1.54, 1.807) is 0 Å².